The molecule has 1 aliphatic rings. The van der Waals surface area contributed by atoms with Crippen LogP contribution in [0.1, 0.15) is 37.4 Å². The minimum atomic E-state index is -0.00148. The molecular weight excluding hydrogens is 282 g/mol. The molecule has 0 aliphatic carbocycles. The summed E-state index contributed by atoms with van der Waals surface area (Å²) in [5, 5.41) is 0. The third-order valence-electron chi connectivity index (χ3n) is 2.95. The van der Waals surface area contributed by atoms with Crippen molar-refractivity contribution < 1.29 is 9.47 Å². The maximum Gasteiger partial charge on any atom is 0.175 e. The fraction of sp³-hybridized carbons (Fsp3) is 0.538. The van der Waals surface area contributed by atoms with Crippen molar-refractivity contribution in [2.24, 2.45) is 5.73 Å². The largest absolute Gasteiger partial charge is 0.489 e. The lowest BCUT2D eigenvalue weighted by Gasteiger charge is -2.19. The highest BCUT2D eigenvalue weighted by molar-refractivity contribution is 9.10. The number of rotatable bonds is 2. The molecule has 0 radical (unpaired) electrons. The van der Waals surface area contributed by atoms with Gasteiger partial charge in [0.05, 0.1) is 17.7 Å². The van der Waals surface area contributed by atoms with Gasteiger partial charge in [0, 0.05) is 18.0 Å². The van der Waals surface area contributed by atoms with Gasteiger partial charge >= 0.3 is 0 Å². The Morgan fingerprint density at radius 3 is 2.59 bits per heavy atom. The number of ether oxygens (including phenoxy) is 2. The van der Waals surface area contributed by atoms with E-state index in [9.17, 15) is 0 Å². The van der Waals surface area contributed by atoms with Crippen LogP contribution in [0.15, 0.2) is 10.5 Å². The zero-order valence-electron chi connectivity index (χ0n) is 10.3. The normalized spacial score (nSPS) is 16.5. The van der Waals surface area contributed by atoms with Crippen molar-refractivity contribution in [2.75, 3.05) is 13.2 Å². The summed E-state index contributed by atoms with van der Waals surface area (Å²) < 4.78 is 12.5. The van der Waals surface area contributed by atoms with Gasteiger partial charge in [-0.1, -0.05) is 6.92 Å². The van der Waals surface area contributed by atoms with Crippen molar-refractivity contribution in [3.05, 3.63) is 21.7 Å². The van der Waals surface area contributed by atoms with Gasteiger partial charge in [-0.05, 0) is 40.9 Å². The molecule has 0 fully saturated rings. The zero-order valence-corrected chi connectivity index (χ0v) is 11.8. The van der Waals surface area contributed by atoms with Crippen LogP contribution in [-0.2, 0) is 6.42 Å². The maximum absolute atomic E-state index is 6.01. The van der Waals surface area contributed by atoms with Crippen LogP contribution in [0, 0.1) is 0 Å². The Balaban J connectivity index is 2.60. The lowest BCUT2D eigenvalue weighted by atomic mass is 9.98. The molecule has 1 atom stereocenters. The molecule has 0 bridgehead atoms. The van der Waals surface area contributed by atoms with Gasteiger partial charge in [0.15, 0.2) is 11.5 Å². The van der Waals surface area contributed by atoms with Crippen LogP contribution < -0.4 is 15.2 Å². The second-order valence-corrected chi connectivity index (χ2v) is 5.13. The van der Waals surface area contributed by atoms with Crippen LogP contribution >= 0.6 is 15.9 Å². The summed E-state index contributed by atoms with van der Waals surface area (Å²) in [4.78, 5) is 0. The van der Waals surface area contributed by atoms with E-state index in [-0.39, 0.29) is 6.04 Å². The van der Waals surface area contributed by atoms with Crippen molar-refractivity contribution >= 4 is 15.9 Å². The summed E-state index contributed by atoms with van der Waals surface area (Å²) in [6.07, 6.45) is 1.81. The summed E-state index contributed by atoms with van der Waals surface area (Å²) in [5.74, 6) is 1.69. The van der Waals surface area contributed by atoms with Crippen LogP contribution in [0.25, 0.3) is 0 Å². The molecule has 0 spiro atoms. The molecule has 4 heteroatoms. The highest BCUT2D eigenvalue weighted by Crippen LogP contribution is 2.43. The van der Waals surface area contributed by atoms with Gasteiger partial charge in [-0.15, -0.1) is 0 Å². The Bertz CT molecular complexity index is 418. The van der Waals surface area contributed by atoms with Crippen molar-refractivity contribution in [2.45, 2.75) is 32.7 Å². The van der Waals surface area contributed by atoms with E-state index in [1.54, 1.807) is 0 Å². The Hall–Kier alpha value is -0.740. The first kappa shape index (κ1) is 12.7. The summed E-state index contributed by atoms with van der Waals surface area (Å²) in [7, 11) is 0. The van der Waals surface area contributed by atoms with Gasteiger partial charge in [0.2, 0.25) is 0 Å². The van der Waals surface area contributed by atoms with Crippen molar-refractivity contribution in [1.29, 1.82) is 0 Å². The molecule has 0 aromatic heterocycles. The van der Waals surface area contributed by atoms with Gasteiger partial charge in [-0.2, -0.15) is 0 Å². The number of benzene rings is 1. The molecule has 2 N–H and O–H groups in total. The van der Waals surface area contributed by atoms with Gasteiger partial charge in [0.1, 0.15) is 0 Å². The number of fused-ring (bicyclic) bond motifs is 1. The zero-order chi connectivity index (χ0) is 12.4. The molecule has 0 saturated heterocycles. The van der Waals surface area contributed by atoms with E-state index in [0.29, 0.717) is 13.2 Å². The molecule has 94 valence electrons. The Kier molecular flexibility index (Phi) is 3.94. The molecule has 3 nitrogen and oxygen atoms in total. The highest BCUT2D eigenvalue weighted by Gasteiger charge is 2.21. The molecule has 0 saturated carbocycles. The number of hydrogen-bond donors (Lipinski definition) is 1. The predicted octanol–water partition coefficient (Wildman–Crippen LogP) is 3.19. The minimum absolute atomic E-state index is 0.00148. The van der Waals surface area contributed by atoms with E-state index in [2.05, 4.69) is 28.9 Å². The number of halogens is 1. The van der Waals surface area contributed by atoms with E-state index < -0.39 is 0 Å². The van der Waals surface area contributed by atoms with Crippen molar-refractivity contribution in [1.82, 2.24) is 0 Å². The average Bonchev–Trinajstić information content (AvgIpc) is 2.54. The SMILES string of the molecule is CCc1c(C(C)N)cc(Br)c2c1OCCCO2. The fourth-order valence-corrected chi connectivity index (χ4v) is 2.67. The monoisotopic (exact) mass is 299 g/mol. The first-order chi connectivity index (χ1) is 8.15. The van der Waals surface area contributed by atoms with Crippen molar-refractivity contribution in [3.63, 3.8) is 0 Å². The number of hydrogen-bond acceptors (Lipinski definition) is 3. The smallest absolute Gasteiger partial charge is 0.175 e. The third-order valence-corrected chi connectivity index (χ3v) is 3.54. The van der Waals surface area contributed by atoms with E-state index in [4.69, 9.17) is 15.2 Å². The average molecular weight is 300 g/mol. The molecular formula is C13H18BrNO2. The highest BCUT2D eigenvalue weighted by atomic mass is 79.9. The maximum atomic E-state index is 6.01. The van der Waals surface area contributed by atoms with E-state index >= 15 is 0 Å². The van der Waals surface area contributed by atoms with E-state index in [0.717, 1.165) is 34.4 Å². The molecule has 1 unspecified atom stereocenters. The Morgan fingerprint density at radius 2 is 2.00 bits per heavy atom. The topological polar surface area (TPSA) is 44.5 Å². The Morgan fingerprint density at radius 1 is 1.35 bits per heavy atom. The summed E-state index contributed by atoms with van der Waals surface area (Å²) in [5.41, 5.74) is 8.31. The van der Waals surface area contributed by atoms with Crippen molar-refractivity contribution in [3.8, 4) is 11.5 Å². The molecule has 17 heavy (non-hydrogen) atoms. The second kappa shape index (κ2) is 5.27. The number of nitrogens with two attached hydrogens (primary N) is 1. The van der Waals surface area contributed by atoms with Crippen LogP contribution in [-0.4, -0.2) is 13.2 Å². The fourth-order valence-electron chi connectivity index (χ4n) is 2.13. The quantitative estimate of drug-likeness (QED) is 0.912. The minimum Gasteiger partial charge on any atom is -0.489 e. The predicted molar refractivity (Wildman–Crippen MR) is 71.7 cm³/mol. The summed E-state index contributed by atoms with van der Waals surface area (Å²) in [6, 6.07) is 2.05. The van der Waals surface area contributed by atoms with Gasteiger partial charge in [-0.25, -0.2) is 0 Å². The Labute approximate surface area is 110 Å². The second-order valence-electron chi connectivity index (χ2n) is 4.28. The standard InChI is InChI=1S/C13H18BrNO2/c1-3-9-10(8(2)15)7-11(14)13-12(9)16-5-4-6-17-13/h7-8H,3-6,15H2,1-2H3. The van der Waals surface area contributed by atoms with E-state index in [1.807, 2.05) is 6.92 Å². The van der Waals surface area contributed by atoms with Gasteiger partial charge < -0.3 is 15.2 Å². The van der Waals surface area contributed by atoms with Crippen LogP contribution in [0.5, 0.6) is 11.5 Å². The third kappa shape index (κ3) is 2.43. The molecule has 1 heterocycles. The van der Waals surface area contributed by atoms with Gasteiger partial charge in [-0.3, -0.25) is 0 Å². The first-order valence-corrected chi connectivity index (χ1v) is 6.80. The lowest BCUT2D eigenvalue weighted by molar-refractivity contribution is 0.295. The summed E-state index contributed by atoms with van der Waals surface area (Å²) in [6.45, 7) is 5.51. The molecule has 1 aromatic carbocycles. The lowest BCUT2D eigenvalue weighted by Crippen LogP contribution is -2.10. The molecule has 1 aliphatic heterocycles. The first-order valence-electron chi connectivity index (χ1n) is 6.01. The molecule has 2 rings (SSSR count). The van der Waals surface area contributed by atoms with Crippen LogP contribution in [0.3, 0.4) is 0 Å². The molecule has 1 aromatic rings. The summed E-state index contributed by atoms with van der Waals surface area (Å²) >= 11 is 3.54. The molecule has 0 amide bonds. The van der Waals surface area contributed by atoms with Gasteiger partial charge in [0.25, 0.3) is 0 Å². The van der Waals surface area contributed by atoms with Crippen LogP contribution in [0.4, 0.5) is 0 Å². The van der Waals surface area contributed by atoms with Crippen LogP contribution in [0.2, 0.25) is 0 Å². The van der Waals surface area contributed by atoms with E-state index in [1.165, 1.54) is 5.56 Å².